The summed E-state index contributed by atoms with van der Waals surface area (Å²) >= 11 is 5.93. The molecule has 6 heteroatoms. The van der Waals surface area contributed by atoms with E-state index >= 15 is 0 Å². The van der Waals surface area contributed by atoms with Crippen molar-refractivity contribution in [3.63, 3.8) is 0 Å². The highest BCUT2D eigenvalue weighted by molar-refractivity contribution is 6.32. The molecule has 0 saturated carbocycles. The Balaban J connectivity index is 1.92. The maximum absolute atomic E-state index is 11.8. The summed E-state index contributed by atoms with van der Waals surface area (Å²) in [6.45, 7) is 3.73. The van der Waals surface area contributed by atoms with Crippen molar-refractivity contribution >= 4 is 23.3 Å². The van der Waals surface area contributed by atoms with Crippen molar-refractivity contribution in [2.24, 2.45) is 0 Å². The van der Waals surface area contributed by atoms with Crippen molar-refractivity contribution in [3.05, 3.63) is 17.0 Å². The van der Waals surface area contributed by atoms with Crippen LogP contribution in [-0.2, 0) is 4.79 Å². The molecular weight excluding hydrogens is 240 g/mol. The number of anilines is 1. The van der Waals surface area contributed by atoms with Crippen molar-refractivity contribution < 1.29 is 4.79 Å². The summed E-state index contributed by atoms with van der Waals surface area (Å²) in [5, 5.41) is 3.39. The Morgan fingerprint density at radius 1 is 1.53 bits per heavy atom. The molecule has 2 heterocycles. The standard InChI is InChI=1S/C11H15ClN4O/c1-8-13-6-9(12)11(15-8)14-7-10(17)16-4-2-3-5-16/h6H,2-5,7H2,1H3,(H,13,14,15). The molecule has 1 fully saturated rings. The van der Waals surface area contributed by atoms with Crippen molar-refractivity contribution in [2.75, 3.05) is 25.0 Å². The van der Waals surface area contributed by atoms with E-state index in [4.69, 9.17) is 11.6 Å². The molecule has 0 aromatic carbocycles. The molecular formula is C11H15ClN4O. The van der Waals surface area contributed by atoms with Gasteiger partial charge in [0.05, 0.1) is 12.7 Å². The number of nitrogens with zero attached hydrogens (tertiary/aromatic N) is 3. The summed E-state index contributed by atoms with van der Waals surface area (Å²) in [5.74, 6) is 1.24. The Morgan fingerprint density at radius 2 is 2.24 bits per heavy atom. The number of rotatable bonds is 3. The van der Waals surface area contributed by atoms with E-state index in [1.807, 2.05) is 4.90 Å². The first-order valence-electron chi connectivity index (χ1n) is 5.67. The van der Waals surface area contributed by atoms with Gasteiger partial charge in [0, 0.05) is 13.1 Å². The highest BCUT2D eigenvalue weighted by Gasteiger charge is 2.17. The molecule has 1 amide bonds. The second-order valence-electron chi connectivity index (χ2n) is 4.06. The van der Waals surface area contributed by atoms with Gasteiger partial charge in [0.1, 0.15) is 16.7 Å². The molecule has 0 unspecified atom stereocenters. The minimum Gasteiger partial charge on any atom is -0.360 e. The summed E-state index contributed by atoms with van der Waals surface area (Å²) in [7, 11) is 0. The van der Waals surface area contributed by atoms with Gasteiger partial charge in [-0.15, -0.1) is 0 Å². The van der Waals surface area contributed by atoms with Crippen LogP contribution in [0.4, 0.5) is 5.82 Å². The van der Waals surface area contributed by atoms with Gasteiger partial charge in [0.2, 0.25) is 5.91 Å². The molecule has 1 aromatic heterocycles. The molecule has 1 aliphatic heterocycles. The molecule has 1 aromatic rings. The third kappa shape index (κ3) is 3.06. The van der Waals surface area contributed by atoms with Crippen LogP contribution in [0.1, 0.15) is 18.7 Å². The average molecular weight is 255 g/mol. The predicted molar refractivity (Wildman–Crippen MR) is 66.1 cm³/mol. The number of halogens is 1. The molecule has 92 valence electrons. The topological polar surface area (TPSA) is 58.1 Å². The lowest BCUT2D eigenvalue weighted by Gasteiger charge is -2.16. The lowest BCUT2D eigenvalue weighted by molar-refractivity contribution is -0.128. The van der Waals surface area contributed by atoms with E-state index in [1.165, 1.54) is 6.20 Å². The summed E-state index contributed by atoms with van der Waals surface area (Å²) in [5.41, 5.74) is 0. The van der Waals surface area contributed by atoms with Gasteiger partial charge in [0.15, 0.2) is 0 Å². The van der Waals surface area contributed by atoms with Gasteiger partial charge in [0.25, 0.3) is 0 Å². The summed E-state index contributed by atoms with van der Waals surface area (Å²) in [4.78, 5) is 21.8. The van der Waals surface area contributed by atoms with E-state index in [1.54, 1.807) is 6.92 Å². The van der Waals surface area contributed by atoms with Crippen LogP contribution in [0.15, 0.2) is 6.20 Å². The fourth-order valence-electron chi connectivity index (χ4n) is 1.82. The zero-order valence-corrected chi connectivity index (χ0v) is 10.5. The number of carbonyl (C=O) groups excluding carboxylic acids is 1. The SMILES string of the molecule is Cc1ncc(Cl)c(NCC(=O)N2CCCC2)n1. The Morgan fingerprint density at radius 3 is 2.94 bits per heavy atom. The Bertz CT molecular complexity index is 418. The largest absolute Gasteiger partial charge is 0.360 e. The average Bonchev–Trinajstić information content (AvgIpc) is 2.83. The van der Waals surface area contributed by atoms with E-state index in [2.05, 4.69) is 15.3 Å². The zero-order valence-electron chi connectivity index (χ0n) is 9.74. The van der Waals surface area contributed by atoms with Gasteiger partial charge in [-0.2, -0.15) is 0 Å². The lowest BCUT2D eigenvalue weighted by Crippen LogP contribution is -2.33. The fourth-order valence-corrected chi connectivity index (χ4v) is 1.97. The highest BCUT2D eigenvalue weighted by atomic mass is 35.5. The number of hydrogen-bond acceptors (Lipinski definition) is 4. The van der Waals surface area contributed by atoms with E-state index in [-0.39, 0.29) is 12.5 Å². The van der Waals surface area contributed by atoms with Crippen LogP contribution in [0.2, 0.25) is 5.02 Å². The van der Waals surface area contributed by atoms with E-state index in [0.717, 1.165) is 25.9 Å². The number of hydrogen-bond donors (Lipinski definition) is 1. The molecule has 1 saturated heterocycles. The minimum absolute atomic E-state index is 0.0924. The number of aryl methyl sites for hydroxylation is 1. The number of amides is 1. The molecule has 0 radical (unpaired) electrons. The van der Waals surface area contributed by atoms with Gasteiger partial charge >= 0.3 is 0 Å². The number of aromatic nitrogens is 2. The predicted octanol–water partition coefficient (Wildman–Crippen LogP) is 1.47. The fraction of sp³-hybridized carbons (Fsp3) is 0.545. The summed E-state index contributed by atoms with van der Waals surface area (Å²) in [6.07, 6.45) is 3.73. The van der Waals surface area contributed by atoms with Gasteiger partial charge in [-0.3, -0.25) is 4.79 Å². The molecule has 0 spiro atoms. The first-order valence-corrected chi connectivity index (χ1v) is 6.05. The quantitative estimate of drug-likeness (QED) is 0.888. The molecule has 0 atom stereocenters. The highest BCUT2D eigenvalue weighted by Crippen LogP contribution is 2.17. The smallest absolute Gasteiger partial charge is 0.241 e. The maximum Gasteiger partial charge on any atom is 0.241 e. The molecule has 0 aliphatic carbocycles. The third-order valence-corrected chi connectivity index (χ3v) is 3.01. The van der Waals surface area contributed by atoms with Crippen LogP contribution in [0, 0.1) is 6.92 Å². The molecule has 1 N–H and O–H groups in total. The number of nitrogens with one attached hydrogen (secondary N) is 1. The van der Waals surface area contributed by atoms with E-state index in [9.17, 15) is 4.79 Å². The molecule has 5 nitrogen and oxygen atoms in total. The Kier molecular flexibility index (Phi) is 3.78. The van der Waals surface area contributed by atoms with Gasteiger partial charge in [-0.1, -0.05) is 11.6 Å². The first-order chi connectivity index (χ1) is 8.16. The molecule has 0 bridgehead atoms. The van der Waals surface area contributed by atoms with Crippen LogP contribution < -0.4 is 5.32 Å². The molecule has 2 rings (SSSR count). The zero-order chi connectivity index (χ0) is 12.3. The first kappa shape index (κ1) is 12.1. The Labute approximate surface area is 105 Å². The summed E-state index contributed by atoms with van der Waals surface area (Å²) in [6, 6.07) is 0. The van der Waals surface area contributed by atoms with Gasteiger partial charge in [-0.25, -0.2) is 9.97 Å². The van der Waals surface area contributed by atoms with E-state index < -0.39 is 0 Å². The molecule has 17 heavy (non-hydrogen) atoms. The van der Waals surface area contributed by atoms with Gasteiger partial charge < -0.3 is 10.2 Å². The normalized spacial score (nSPS) is 15.1. The monoisotopic (exact) mass is 254 g/mol. The van der Waals surface area contributed by atoms with Gasteiger partial charge in [-0.05, 0) is 19.8 Å². The number of likely N-dealkylation sites (tertiary alicyclic amines) is 1. The van der Waals surface area contributed by atoms with Crippen molar-refractivity contribution in [2.45, 2.75) is 19.8 Å². The van der Waals surface area contributed by atoms with Crippen LogP contribution in [-0.4, -0.2) is 40.4 Å². The Hall–Kier alpha value is -1.36. The van der Waals surface area contributed by atoms with Crippen LogP contribution in [0.3, 0.4) is 0 Å². The van der Waals surface area contributed by atoms with Crippen molar-refractivity contribution in [3.8, 4) is 0 Å². The minimum atomic E-state index is 0.0924. The van der Waals surface area contributed by atoms with Crippen LogP contribution >= 0.6 is 11.6 Å². The lowest BCUT2D eigenvalue weighted by atomic mass is 10.4. The van der Waals surface area contributed by atoms with Crippen LogP contribution in [0.5, 0.6) is 0 Å². The number of carbonyl (C=O) groups is 1. The second kappa shape index (κ2) is 5.31. The van der Waals surface area contributed by atoms with Crippen molar-refractivity contribution in [1.82, 2.24) is 14.9 Å². The van der Waals surface area contributed by atoms with E-state index in [0.29, 0.717) is 16.7 Å². The molecule has 1 aliphatic rings. The maximum atomic E-state index is 11.8. The summed E-state index contributed by atoms with van der Waals surface area (Å²) < 4.78 is 0. The third-order valence-electron chi connectivity index (χ3n) is 2.73. The van der Waals surface area contributed by atoms with Crippen molar-refractivity contribution in [1.29, 1.82) is 0 Å². The van der Waals surface area contributed by atoms with Crippen LogP contribution in [0.25, 0.3) is 0 Å². The second-order valence-corrected chi connectivity index (χ2v) is 4.46.